The monoisotopic (exact) mass is 811 g/mol. The summed E-state index contributed by atoms with van der Waals surface area (Å²) in [4.78, 5) is 75.5. The van der Waals surface area contributed by atoms with Crippen molar-refractivity contribution in [3.8, 4) is 0 Å². The molecule has 4 aromatic rings. The maximum atomic E-state index is 16.3. The second-order valence-electron chi connectivity index (χ2n) is 17.1. The highest BCUT2D eigenvalue weighted by Gasteiger charge is 2.50. The summed E-state index contributed by atoms with van der Waals surface area (Å²) in [6, 6.07) is 11.0. The number of hydrogen-bond acceptors (Lipinski definition) is 8. The van der Waals surface area contributed by atoms with Crippen molar-refractivity contribution in [1.29, 1.82) is 0 Å². The lowest BCUT2D eigenvalue weighted by molar-refractivity contribution is -0.143. The maximum absolute atomic E-state index is 16.3. The SMILES string of the molecule is C[C@@H]1Cc2c([nH]c3ccccc23)[C@@H](c2c(F)cc(N3CCC4(CN(C(=O)CN5Cc6cc7c(cc6C5)C(=O)N(C5CCC(=O)NC5=O)C7=O)C4)C3)cc2F)N1CC(F)F. The van der Waals surface area contributed by atoms with Gasteiger partial charge in [-0.3, -0.25) is 44.0 Å². The molecule has 12 nitrogen and oxygen atoms in total. The van der Waals surface area contributed by atoms with Crippen LogP contribution in [0.1, 0.15) is 80.9 Å². The Morgan fingerprint density at radius 3 is 2.27 bits per heavy atom. The third-order valence-electron chi connectivity index (χ3n) is 13.3. The van der Waals surface area contributed by atoms with Crippen LogP contribution in [-0.2, 0) is 33.9 Å². The van der Waals surface area contributed by atoms with E-state index < -0.39 is 60.3 Å². The lowest BCUT2D eigenvalue weighted by Crippen LogP contribution is -2.60. The van der Waals surface area contributed by atoms with Crippen molar-refractivity contribution in [2.45, 2.75) is 70.2 Å². The van der Waals surface area contributed by atoms with E-state index in [9.17, 15) is 32.8 Å². The Kier molecular flexibility index (Phi) is 8.76. The van der Waals surface area contributed by atoms with Crippen LogP contribution >= 0.6 is 0 Å². The zero-order valence-corrected chi connectivity index (χ0v) is 32.2. The number of carbonyl (C=O) groups excluding carboxylic acids is 5. The van der Waals surface area contributed by atoms with Crippen LogP contribution < -0.4 is 10.2 Å². The van der Waals surface area contributed by atoms with Gasteiger partial charge in [0.2, 0.25) is 17.7 Å². The molecular formula is C43H41F4N7O5. The van der Waals surface area contributed by atoms with Crippen molar-refractivity contribution in [1.82, 2.24) is 29.9 Å². The topological polar surface area (TPSA) is 129 Å². The third-order valence-corrected chi connectivity index (χ3v) is 13.3. The average molecular weight is 812 g/mol. The molecule has 10 rings (SSSR count). The number of aromatic nitrogens is 1. The number of likely N-dealkylation sites (tertiary alicyclic amines) is 1. The smallest absolute Gasteiger partial charge is 0.262 e. The zero-order valence-electron chi connectivity index (χ0n) is 32.2. The molecule has 1 unspecified atom stereocenters. The summed E-state index contributed by atoms with van der Waals surface area (Å²) in [5.41, 5.74) is 4.11. The number of halogens is 4. The fourth-order valence-electron chi connectivity index (χ4n) is 10.5. The van der Waals surface area contributed by atoms with Crippen LogP contribution in [0.2, 0.25) is 0 Å². The van der Waals surface area contributed by atoms with E-state index in [-0.39, 0.29) is 53.4 Å². The van der Waals surface area contributed by atoms with Gasteiger partial charge in [0.15, 0.2) is 0 Å². The number of fused-ring (bicyclic) bond motifs is 5. The average Bonchev–Trinajstić information content (AvgIpc) is 3.94. The Labute approximate surface area is 336 Å². The quantitative estimate of drug-likeness (QED) is 0.206. The molecule has 7 heterocycles. The summed E-state index contributed by atoms with van der Waals surface area (Å²) < 4.78 is 60.4. The molecule has 2 N–H and O–H groups in total. The first-order valence-electron chi connectivity index (χ1n) is 20.0. The minimum Gasteiger partial charge on any atom is -0.371 e. The van der Waals surface area contributed by atoms with Crippen LogP contribution in [0, 0.1) is 17.0 Å². The Morgan fingerprint density at radius 2 is 1.61 bits per heavy atom. The summed E-state index contributed by atoms with van der Waals surface area (Å²) in [5.74, 6) is -3.93. The van der Waals surface area contributed by atoms with E-state index in [4.69, 9.17) is 0 Å². The highest BCUT2D eigenvalue weighted by atomic mass is 19.3. The molecule has 5 amide bonds. The molecule has 3 saturated heterocycles. The van der Waals surface area contributed by atoms with E-state index in [0.717, 1.165) is 38.9 Å². The molecule has 6 aliphatic rings. The normalized spacial score (nSPS) is 24.0. The number of anilines is 1. The number of H-pyrrole nitrogens is 1. The first-order chi connectivity index (χ1) is 28.3. The fourth-order valence-corrected chi connectivity index (χ4v) is 10.5. The van der Waals surface area contributed by atoms with Crippen molar-refractivity contribution in [2.24, 2.45) is 5.41 Å². The van der Waals surface area contributed by atoms with Gasteiger partial charge in [-0.1, -0.05) is 18.2 Å². The number of nitrogens with one attached hydrogen (secondary N) is 2. The molecule has 1 aromatic heterocycles. The van der Waals surface area contributed by atoms with Crippen molar-refractivity contribution in [3.05, 3.63) is 99.2 Å². The van der Waals surface area contributed by atoms with Crippen molar-refractivity contribution in [3.63, 3.8) is 0 Å². The number of benzene rings is 3. The lowest BCUT2D eigenvalue weighted by atomic mass is 9.79. The molecule has 3 fully saturated rings. The molecular weight excluding hydrogens is 771 g/mol. The first kappa shape index (κ1) is 37.6. The molecule has 6 aliphatic heterocycles. The Morgan fingerprint density at radius 1 is 0.932 bits per heavy atom. The number of nitrogens with zero attached hydrogens (tertiary/aromatic N) is 5. The summed E-state index contributed by atoms with van der Waals surface area (Å²) in [6.45, 7) is 4.12. The molecule has 59 heavy (non-hydrogen) atoms. The minimum absolute atomic E-state index is 0.0371. The highest BCUT2D eigenvalue weighted by Crippen LogP contribution is 2.46. The van der Waals surface area contributed by atoms with Gasteiger partial charge >= 0.3 is 0 Å². The molecule has 1 spiro atoms. The van der Waals surface area contributed by atoms with Gasteiger partial charge in [-0.15, -0.1) is 0 Å². The maximum Gasteiger partial charge on any atom is 0.262 e. The summed E-state index contributed by atoms with van der Waals surface area (Å²) in [5, 5.41) is 3.11. The third kappa shape index (κ3) is 6.12. The minimum atomic E-state index is -2.70. The molecule has 306 valence electrons. The number of hydrogen-bond donors (Lipinski definition) is 2. The van der Waals surface area contributed by atoms with E-state index in [1.807, 2.05) is 41.0 Å². The standard InChI is InChI=1S/C43H41F4N7O5/c1-22-10-27-26-4-2-3-5-32(26)48-38(27)39(53(22)17-34(46)47)37-30(44)13-25(14-31(37)45)51-9-8-43(19-51)20-52(21-43)36(56)18-50-15-23-11-28-29(12-24(23)16-50)42(59)54(41(28)58)33-6-7-35(55)49-40(33)57/h2-5,11-14,22,33-34,39,48H,6-10,15-21H2,1H3,(H,49,55,57)/t22-,33?,39-/m1/s1. The number of alkyl halides is 2. The van der Waals surface area contributed by atoms with Crippen LogP contribution in [0.15, 0.2) is 48.5 Å². The summed E-state index contributed by atoms with van der Waals surface area (Å²) in [6.07, 6.45) is -1.40. The van der Waals surface area contributed by atoms with Gasteiger partial charge < -0.3 is 14.8 Å². The molecule has 0 saturated carbocycles. The number of amides is 5. The van der Waals surface area contributed by atoms with Gasteiger partial charge in [0.1, 0.15) is 17.7 Å². The van der Waals surface area contributed by atoms with Crippen molar-refractivity contribution in [2.75, 3.05) is 44.2 Å². The fraction of sp³-hybridized carbons (Fsp3) is 0.419. The highest BCUT2D eigenvalue weighted by molar-refractivity contribution is 6.23. The zero-order chi connectivity index (χ0) is 41.1. The van der Waals surface area contributed by atoms with Crippen LogP contribution in [0.3, 0.4) is 0 Å². The Bertz CT molecular complexity index is 2430. The second kappa shape index (κ2) is 13.7. The molecule has 3 aromatic carbocycles. The van der Waals surface area contributed by atoms with E-state index in [0.29, 0.717) is 57.1 Å². The van der Waals surface area contributed by atoms with Gasteiger partial charge in [0.05, 0.1) is 30.3 Å². The summed E-state index contributed by atoms with van der Waals surface area (Å²) >= 11 is 0. The number of piperidine rings is 1. The first-order valence-corrected chi connectivity index (χ1v) is 20.0. The number of aromatic amines is 1. The molecule has 0 bridgehead atoms. The molecule has 0 radical (unpaired) electrons. The van der Waals surface area contributed by atoms with E-state index >= 15 is 8.78 Å². The lowest BCUT2D eigenvalue weighted by Gasteiger charge is -2.48. The number of imide groups is 2. The predicted octanol–water partition coefficient (Wildman–Crippen LogP) is 4.50. The van der Waals surface area contributed by atoms with E-state index in [1.165, 1.54) is 17.0 Å². The number of para-hydroxylation sites is 1. The molecule has 0 aliphatic carbocycles. The molecule has 3 atom stereocenters. The second-order valence-corrected chi connectivity index (χ2v) is 17.1. The number of rotatable bonds is 7. The summed E-state index contributed by atoms with van der Waals surface area (Å²) in [7, 11) is 0. The van der Waals surface area contributed by atoms with Gasteiger partial charge in [0.25, 0.3) is 18.2 Å². The predicted molar refractivity (Wildman–Crippen MR) is 205 cm³/mol. The van der Waals surface area contributed by atoms with Gasteiger partial charge in [-0.2, -0.15) is 0 Å². The van der Waals surface area contributed by atoms with Crippen molar-refractivity contribution < 1.29 is 41.5 Å². The number of carbonyl (C=O) groups is 5. The van der Waals surface area contributed by atoms with E-state index in [2.05, 4.69) is 10.3 Å². The van der Waals surface area contributed by atoms with Crippen LogP contribution in [0.4, 0.5) is 23.2 Å². The van der Waals surface area contributed by atoms with E-state index in [1.54, 1.807) is 17.0 Å². The molecule has 16 heteroatoms. The van der Waals surface area contributed by atoms with Crippen LogP contribution in [0.25, 0.3) is 10.9 Å². The van der Waals surface area contributed by atoms with Gasteiger partial charge in [-0.05, 0) is 73.2 Å². The Balaban J connectivity index is 0.791. The van der Waals surface area contributed by atoms with Gasteiger partial charge in [0, 0.05) is 85.0 Å². The van der Waals surface area contributed by atoms with Crippen molar-refractivity contribution >= 4 is 46.1 Å². The Hall–Kier alpha value is -5.61. The van der Waals surface area contributed by atoms with Gasteiger partial charge in [-0.25, -0.2) is 17.6 Å². The van der Waals surface area contributed by atoms with Crippen LogP contribution in [0.5, 0.6) is 0 Å². The largest absolute Gasteiger partial charge is 0.371 e. The van der Waals surface area contributed by atoms with Crippen LogP contribution in [-0.4, -0.2) is 112 Å².